The topological polar surface area (TPSA) is 115 Å². The van der Waals surface area contributed by atoms with E-state index in [1.54, 1.807) is 19.1 Å². The number of nitro groups is 1. The Bertz CT molecular complexity index is 1340. The number of aromatic nitrogens is 3. The van der Waals surface area contributed by atoms with Gasteiger partial charge < -0.3 is 0 Å². The van der Waals surface area contributed by atoms with Gasteiger partial charge >= 0.3 is 0 Å². The van der Waals surface area contributed by atoms with Crippen LogP contribution in [0.2, 0.25) is 0 Å². The zero-order valence-corrected chi connectivity index (χ0v) is 19.0. The summed E-state index contributed by atoms with van der Waals surface area (Å²) in [7, 11) is 0. The van der Waals surface area contributed by atoms with E-state index in [2.05, 4.69) is 20.7 Å². The lowest BCUT2D eigenvalue weighted by atomic mass is 10.1. The Balaban J connectivity index is 1.49. The molecule has 0 saturated carbocycles. The fourth-order valence-electron chi connectivity index (χ4n) is 3.17. The molecule has 0 unspecified atom stereocenters. The largest absolute Gasteiger partial charge is 0.272 e. The molecule has 1 N–H and O–H groups in total. The molecule has 1 amide bonds. The zero-order chi connectivity index (χ0) is 23.9. The van der Waals surface area contributed by atoms with Crippen LogP contribution in [-0.2, 0) is 4.79 Å². The van der Waals surface area contributed by atoms with Gasteiger partial charge in [0.25, 0.3) is 11.6 Å². The van der Waals surface area contributed by atoms with Crippen LogP contribution in [0.5, 0.6) is 0 Å². The zero-order valence-electron chi connectivity index (χ0n) is 18.2. The van der Waals surface area contributed by atoms with E-state index in [9.17, 15) is 14.9 Å². The Kier molecular flexibility index (Phi) is 7.09. The van der Waals surface area contributed by atoms with Crippen molar-refractivity contribution in [1.29, 1.82) is 0 Å². The van der Waals surface area contributed by atoms with Crippen molar-refractivity contribution in [3.63, 3.8) is 0 Å². The molecule has 0 spiro atoms. The Labute approximate surface area is 199 Å². The molecule has 9 nitrogen and oxygen atoms in total. The molecule has 1 aromatic heterocycles. The highest BCUT2D eigenvalue weighted by molar-refractivity contribution is 7.99. The molecule has 0 fully saturated rings. The minimum atomic E-state index is -0.474. The van der Waals surface area contributed by atoms with Gasteiger partial charge in [-0.2, -0.15) is 5.10 Å². The normalized spacial score (nSPS) is 11.3. The van der Waals surface area contributed by atoms with Crippen LogP contribution in [0.25, 0.3) is 17.1 Å². The Morgan fingerprint density at radius 1 is 1.03 bits per heavy atom. The van der Waals surface area contributed by atoms with Crippen LogP contribution < -0.4 is 5.43 Å². The van der Waals surface area contributed by atoms with Crippen molar-refractivity contribution in [2.45, 2.75) is 12.1 Å². The molecule has 0 radical (unpaired) electrons. The number of hydrogen-bond acceptors (Lipinski definition) is 7. The lowest BCUT2D eigenvalue weighted by molar-refractivity contribution is -0.384. The van der Waals surface area contributed by atoms with Gasteiger partial charge in [0.15, 0.2) is 11.0 Å². The van der Waals surface area contributed by atoms with Gasteiger partial charge in [0.1, 0.15) is 0 Å². The number of para-hydroxylation sites is 1. The van der Waals surface area contributed by atoms with E-state index in [-0.39, 0.29) is 17.3 Å². The lowest BCUT2D eigenvalue weighted by Gasteiger charge is -2.10. The number of amides is 1. The third-order valence-corrected chi connectivity index (χ3v) is 5.76. The van der Waals surface area contributed by atoms with E-state index < -0.39 is 4.92 Å². The summed E-state index contributed by atoms with van der Waals surface area (Å²) in [5.74, 6) is 0.402. The molecule has 0 bridgehead atoms. The van der Waals surface area contributed by atoms with Gasteiger partial charge in [0.05, 0.1) is 16.4 Å². The Morgan fingerprint density at radius 2 is 1.74 bits per heavy atom. The number of nitrogens with one attached hydrogen (secondary N) is 1. The highest BCUT2D eigenvalue weighted by atomic mass is 32.2. The van der Waals surface area contributed by atoms with E-state index >= 15 is 0 Å². The second kappa shape index (κ2) is 10.5. The first kappa shape index (κ1) is 22.9. The highest BCUT2D eigenvalue weighted by Gasteiger charge is 2.17. The first-order valence-electron chi connectivity index (χ1n) is 10.3. The van der Waals surface area contributed by atoms with E-state index in [0.29, 0.717) is 22.3 Å². The van der Waals surface area contributed by atoms with Gasteiger partial charge in [0, 0.05) is 28.9 Å². The summed E-state index contributed by atoms with van der Waals surface area (Å²) in [6.45, 7) is 1.67. The van der Waals surface area contributed by atoms with E-state index in [0.717, 1.165) is 11.3 Å². The van der Waals surface area contributed by atoms with Crippen molar-refractivity contribution < 1.29 is 9.72 Å². The highest BCUT2D eigenvalue weighted by Crippen LogP contribution is 2.27. The summed E-state index contributed by atoms with van der Waals surface area (Å²) in [4.78, 5) is 22.9. The van der Waals surface area contributed by atoms with Crippen molar-refractivity contribution >= 4 is 29.1 Å². The molecule has 4 aromatic rings. The van der Waals surface area contributed by atoms with E-state index in [1.165, 1.54) is 23.9 Å². The van der Waals surface area contributed by atoms with E-state index in [1.807, 2.05) is 65.2 Å². The quantitative estimate of drug-likeness (QED) is 0.175. The van der Waals surface area contributed by atoms with Crippen LogP contribution in [0.4, 0.5) is 5.69 Å². The summed E-state index contributed by atoms with van der Waals surface area (Å²) in [6, 6.07) is 25.5. The summed E-state index contributed by atoms with van der Waals surface area (Å²) in [5.41, 5.74) is 5.27. The third kappa shape index (κ3) is 5.36. The predicted molar refractivity (Wildman–Crippen MR) is 131 cm³/mol. The second-order valence-electron chi connectivity index (χ2n) is 7.17. The second-order valence-corrected chi connectivity index (χ2v) is 8.11. The number of thioether (sulfide) groups is 1. The van der Waals surface area contributed by atoms with Gasteiger partial charge in [0.2, 0.25) is 0 Å². The van der Waals surface area contributed by atoms with E-state index in [4.69, 9.17) is 0 Å². The minimum Gasteiger partial charge on any atom is -0.272 e. The average Bonchev–Trinajstić information content (AvgIpc) is 3.31. The number of non-ortho nitro benzene ring substituents is 1. The summed E-state index contributed by atoms with van der Waals surface area (Å²) in [5, 5.41) is 24.3. The molecule has 0 aliphatic carbocycles. The molecule has 0 saturated heterocycles. The monoisotopic (exact) mass is 472 g/mol. The number of hydrazone groups is 1. The fourth-order valence-corrected chi connectivity index (χ4v) is 3.91. The minimum absolute atomic E-state index is 0.0385. The van der Waals surface area contributed by atoms with Crippen molar-refractivity contribution in [1.82, 2.24) is 20.2 Å². The Hall–Kier alpha value is -4.31. The molecular formula is C24H20N6O3S. The van der Waals surface area contributed by atoms with Crippen molar-refractivity contribution in [2.24, 2.45) is 5.10 Å². The first-order valence-corrected chi connectivity index (χ1v) is 11.3. The van der Waals surface area contributed by atoms with Crippen molar-refractivity contribution in [2.75, 3.05) is 5.75 Å². The van der Waals surface area contributed by atoms with Gasteiger partial charge in [-0.1, -0.05) is 72.4 Å². The van der Waals surface area contributed by atoms with Crippen LogP contribution in [0, 0.1) is 10.1 Å². The maximum atomic E-state index is 12.4. The maximum Gasteiger partial charge on any atom is 0.270 e. The van der Waals surface area contributed by atoms with Crippen molar-refractivity contribution in [3.8, 4) is 17.1 Å². The average molecular weight is 473 g/mol. The molecule has 34 heavy (non-hydrogen) atoms. The molecule has 4 rings (SSSR count). The summed E-state index contributed by atoms with van der Waals surface area (Å²) in [6.07, 6.45) is 0. The van der Waals surface area contributed by atoms with Gasteiger partial charge in [-0.05, 0) is 19.1 Å². The number of carbonyl (C=O) groups is 1. The number of benzene rings is 3. The first-order chi connectivity index (χ1) is 16.5. The molecule has 10 heteroatoms. The molecule has 0 atom stereocenters. The number of carbonyl (C=O) groups excluding carboxylic acids is 1. The lowest BCUT2D eigenvalue weighted by Crippen LogP contribution is -2.21. The predicted octanol–water partition coefficient (Wildman–Crippen LogP) is 4.48. The number of nitrogens with zero attached hydrogens (tertiary/aromatic N) is 5. The fraction of sp³-hybridized carbons (Fsp3) is 0.0833. The third-order valence-electron chi connectivity index (χ3n) is 4.84. The van der Waals surface area contributed by atoms with Gasteiger partial charge in [-0.3, -0.25) is 19.5 Å². The van der Waals surface area contributed by atoms with Crippen LogP contribution in [0.3, 0.4) is 0 Å². The van der Waals surface area contributed by atoms with Crippen LogP contribution in [-0.4, -0.2) is 37.1 Å². The van der Waals surface area contributed by atoms with Gasteiger partial charge in [-0.25, -0.2) is 5.43 Å². The molecule has 0 aliphatic rings. The maximum absolute atomic E-state index is 12.4. The molecule has 3 aromatic carbocycles. The number of nitro benzene ring substituents is 1. The van der Waals surface area contributed by atoms with Crippen LogP contribution in [0.15, 0.2) is 95.2 Å². The number of rotatable bonds is 8. The van der Waals surface area contributed by atoms with Crippen molar-refractivity contribution in [3.05, 3.63) is 101 Å². The van der Waals surface area contributed by atoms with Crippen LogP contribution in [0.1, 0.15) is 12.5 Å². The SMILES string of the molecule is C/C(=N/NC(=O)CSc1nnc(-c2ccccc2)n1-c1ccccc1)c1cccc([N+](=O)[O-])c1. The molecule has 0 aliphatic heterocycles. The number of hydrogen-bond donors (Lipinski definition) is 1. The summed E-state index contributed by atoms with van der Waals surface area (Å²) < 4.78 is 1.91. The smallest absolute Gasteiger partial charge is 0.270 e. The van der Waals surface area contributed by atoms with Gasteiger partial charge in [-0.15, -0.1) is 10.2 Å². The molecule has 1 heterocycles. The molecular weight excluding hydrogens is 452 g/mol. The Morgan fingerprint density at radius 3 is 2.44 bits per heavy atom. The standard InChI is InChI=1S/C24H20N6O3S/c1-17(19-11-8-14-21(15-19)30(32)33)25-26-22(31)16-34-24-28-27-23(18-9-4-2-5-10-18)29(24)20-12-6-3-7-13-20/h2-15H,16H2,1H3,(H,26,31)/b25-17-. The molecule has 170 valence electrons. The summed E-state index contributed by atoms with van der Waals surface area (Å²) >= 11 is 1.24. The van der Waals surface area contributed by atoms with Crippen LogP contribution >= 0.6 is 11.8 Å².